The van der Waals surface area contributed by atoms with Crippen LogP contribution < -0.4 is 5.32 Å². The molecule has 1 saturated heterocycles. The van der Waals surface area contributed by atoms with E-state index < -0.39 is 24.0 Å². The fourth-order valence-electron chi connectivity index (χ4n) is 2.60. The van der Waals surface area contributed by atoms with Gasteiger partial charge >= 0.3 is 12.0 Å². The zero-order valence-electron chi connectivity index (χ0n) is 13.0. The lowest BCUT2D eigenvalue weighted by Crippen LogP contribution is -2.41. The minimum atomic E-state index is -1.13. The predicted molar refractivity (Wildman–Crippen MR) is 85.6 cm³/mol. The first-order chi connectivity index (χ1) is 11.5. The van der Waals surface area contributed by atoms with Gasteiger partial charge in [-0.15, -0.1) is 0 Å². The number of benzene rings is 2. The van der Waals surface area contributed by atoms with Crippen LogP contribution in [0.25, 0.3) is 10.8 Å². The molecule has 24 heavy (non-hydrogen) atoms. The molecule has 1 atom stereocenters. The van der Waals surface area contributed by atoms with Crippen LogP contribution in [0.3, 0.4) is 0 Å². The van der Waals surface area contributed by atoms with Crippen LogP contribution in [0, 0.1) is 0 Å². The summed E-state index contributed by atoms with van der Waals surface area (Å²) < 4.78 is 5.12. The number of ether oxygens (including phenoxy) is 1. The highest BCUT2D eigenvalue weighted by Gasteiger charge is 2.32. The normalized spacial score (nSPS) is 15.2. The Labute approximate surface area is 137 Å². The molecule has 124 valence electrons. The highest BCUT2D eigenvalue weighted by atomic mass is 16.5. The third-order valence-electron chi connectivity index (χ3n) is 3.87. The third-order valence-corrected chi connectivity index (χ3v) is 3.87. The van der Waals surface area contributed by atoms with Crippen LogP contribution in [0.4, 0.5) is 4.79 Å². The van der Waals surface area contributed by atoms with Crippen molar-refractivity contribution in [3.63, 3.8) is 0 Å². The Hall–Kier alpha value is -3.09. The molecule has 1 aliphatic rings. The van der Waals surface area contributed by atoms with Crippen LogP contribution in [-0.2, 0) is 9.53 Å². The van der Waals surface area contributed by atoms with Gasteiger partial charge in [-0.3, -0.25) is 9.69 Å². The Kier molecular flexibility index (Phi) is 4.07. The van der Waals surface area contributed by atoms with Gasteiger partial charge in [0.15, 0.2) is 6.10 Å². The highest BCUT2D eigenvalue weighted by Crippen LogP contribution is 2.29. The molecule has 0 spiro atoms. The lowest BCUT2D eigenvalue weighted by Gasteiger charge is -2.18. The van der Waals surface area contributed by atoms with E-state index in [-0.39, 0.29) is 17.9 Å². The summed E-state index contributed by atoms with van der Waals surface area (Å²) >= 11 is 0. The summed E-state index contributed by atoms with van der Waals surface area (Å²) in [6.45, 7) is 2.00. The number of esters is 1. The minimum Gasteiger partial charge on any atom is -0.506 e. The fraction of sp³-hybridized carbons (Fsp3) is 0.235. The van der Waals surface area contributed by atoms with Crippen molar-refractivity contribution in [1.29, 1.82) is 0 Å². The first-order valence-electron chi connectivity index (χ1n) is 7.50. The Morgan fingerprint density at radius 3 is 2.71 bits per heavy atom. The largest absolute Gasteiger partial charge is 0.506 e. The number of hydrogen-bond donors (Lipinski definition) is 2. The molecule has 0 radical (unpaired) electrons. The molecule has 0 aliphatic carbocycles. The van der Waals surface area contributed by atoms with E-state index >= 15 is 0 Å². The van der Waals surface area contributed by atoms with Crippen molar-refractivity contribution in [1.82, 2.24) is 10.2 Å². The Morgan fingerprint density at radius 1 is 1.25 bits per heavy atom. The number of nitrogens with one attached hydrogen (secondary N) is 1. The van der Waals surface area contributed by atoms with Gasteiger partial charge in [0.1, 0.15) is 11.3 Å². The fourth-order valence-corrected chi connectivity index (χ4v) is 2.60. The van der Waals surface area contributed by atoms with Gasteiger partial charge in [-0.1, -0.05) is 30.3 Å². The summed E-state index contributed by atoms with van der Waals surface area (Å²) in [6.07, 6.45) is -1.13. The molecule has 7 nitrogen and oxygen atoms in total. The first-order valence-corrected chi connectivity index (χ1v) is 7.50. The van der Waals surface area contributed by atoms with Gasteiger partial charge < -0.3 is 15.2 Å². The molecule has 0 aromatic heterocycles. The van der Waals surface area contributed by atoms with Crippen molar-refractivity contribution in [2.45, 2.75) is 13.0 Å². The summed E-state index contributed by atoms with van der Waals surface area (Å²) in [5, 5.41) is 14.1. The average molecular weight is 328 g/mol. The molecule has 0 bridgehead atoms. The molecule has 1 fully saturated rings. The van der Waals surface area contributed by atoms with Crippen LogP contribution in [0.15, 0.2) is 36.4 Å². The van der Waals surface area contributed by atoms with Gasteiger partial charge in [0, 0.05) is 18.5 Å². The van der Waals surface area contributed by atoms with E-state index in [1.807, 2.05) is 12.1 Å². The standard InChI is InChI=1S/C17H16N2O5/c1-10(15(21)19-9-8-18-17(19)23)24-16(22)13-7-6-11-4-2-3-5-12(11)14(13)20/h2-7,10,20H,8-9H2,1H3,(H,18,23)/t10-/m1/s1. The van der Waals surface area contributed by atoms with Gasteiger partial charge in [-0.2, -0.15) is 0 Å². The van der Waals surface area contributed by atoms with Crippen molar-refractivity contribution in [3.05, 3.63) is 42.0 Å². The van der Waals surface area contributed by atoms with E-state index in [0.717, 1.165) is 10.3 Å². The number of nitrogens with zero attached hydrogens (tertiary/aromatic N) is 1. The van der Waals surface area contributed by atoms with Gasteiger partial charge in [0.05, 0.1) is 0 Å². The van der Waals surface area contributed by atoms with Crippen LogP contribution in [0.5, 0.6) is 5.75 Å². The number of imide groups is 1. The van der Waals surface area contributed by atoms with Crippen LogP contribution in [-0.4, -0.2) is 47.1 Å². The van der Waals surface area contributed by atoms with Gasteiger partial charge in [-0.25, -0.2) is 9.59 Å². The lowest BCUT2D eigenvalue weighted by atomic mass is 10.1. The number of hydrogen-bond acceptors (Lipinski definition) is 5. The number of phenolic OH excluding ortho intramolecular Hbond substituents is 1. The number of fused-ring (bicyclic) bond motifs is 1. The van der Waals surface area contributed by atoms with E-state index in [1.54, 1.807) is 18.2 Å². The number of rotatable bonds is 3. The van der Waals surface area contributed by atoms with Crippen molar-refractivity contribution < 1.29 is 24.2 Å². The zero-order chi connectivity index (χ0) is 17.3. The summed E-state index contributed by atoms with van der Waals surface area (Å²) in [5.41, 5.74) is -0.0285. The van der Waals surface area contributed by atoms with Crippen LogP contribution >= 0.6 is 0 Å². The second-order valence-corrected chi connectivity index (χ2v) is 5.45. The van der Waals surface area contributed by atoms with E-state index in [1.165, 1.54) is 13.0 Å². The average Bonchev–Trinajstić information content (AvgIpc) is 3.00. The monoisotopic (exact) mass is 328 g/mol. The van der Waals surface area contributed by atoms with Gasteiger partial charge in [0.25, 0.3) is 5.91 Å². The SMILES string of the molecule is C[C@@H](OC(=O)c1ccc2ccccc2c1O)C(=O)N1CCNC1=O. The maximum Gasteiger partial charge on any atom is 0.342 e. The summed E-state index contributed by atoms with van der Waals surface area (Å²) in [7, 11) is 0. The molecule has 1 aliphatic heterocycles. The van der Waals surface area contributed by atoms with Gasteiger partial charge in [0.2, 0.25) is 0 Å². The molecule has 2 aromatic carbocycles. The molecular weight excluding hydrogens is 312 g/mol. The first kappa shape index (κ1) is 15.8. The smallest absolute Gasteiger partial charge is 0.342 e. The third kappa shape index (κ3) is 2.76. The second kappa shape index (κ2) is 6.19. The van der Waals surface area contributed by atoms with E-state index in [9.17, 15) is 19.5 Å². The highest BCUT2D eigenvalue weighted by molar-refractivity contribution is 6.03. The minimum absolute atomic E-state index is 0.0285. The summed E-state index contributed by atoms with van der Waals surface area (Å²) in [4.78, 5) is 36.9. The Balaban J connectivity index is 1.78. The maximum absolute atomic E-state index is 12.3. The number of amides is 3. The topological polar surface area (TPSA) is 95.9 Å². The zero-order valence-corrected chi connectivity index (χ0v) is 13.0. The van der Waals surface area contributed by atoms with Crippen LogP contribution in [0.1, 0.15) is 17.3 Å². The molecule has 2 aromatic rings. The number of carbonyl (C=O) groups is 3. The van der Waals surface area contributed by atoms with Crippen molar-refractivity contribution in [2.24, 2.45) is 0 Å². The molecule has 1 heterocycles. The molecule has 0 saturated carbocycles. The Bertz CT molecular complexity index is 833. The lowest BCUT2D eigenvalue weighted by molar-refractivity contribution is -0.136. The quantitative estimate of drug-likeness (QED) is 0.835. The van der Waals surface area contributed by atoms with Crippen molar-refractivity contribution in [2.75, 3.05) is 13.1 Å². The summed E-state index contributed by atoms with van der Waals surface area (Å²) in [5.74, 6) is -1.62. The van der Waals surface area contributed by atoms with E-state index in [4.69, 9.17) is 4.74 Å². The number of urea groups is 1. The molecule has 2 N–H and O–H groups in total. The number of carbonyl (C=O) groups excluding carboxylic acids is 3. The molecule has 7 heteroatoms. The molecular formula is C17H16N2O5. The second-order valence-electron chi connectivity index (χ2n) is 5.45. The summed E-state index contributed by atoms with van der Waals surface area (Å²) in [6, 6.07) is 9.69. The van der Waals surface area contributed by atoms with Gasteiger partial charge in [-0.05, 0) is 18.4 Å². The Morgan fingerprint density at radius 2 is 2.00 bits per heavy atom. The maximum atomic E-state index is 12.3. The van der Waals surface area contributed by atoms with E-state index in [2.05, 4.69) is 5.32 Å². The van der Waals surface area contributed by atoms with Crippen LogP contribution in [0.2, 0.25) is 0 Å². The van der Waals surface area contributed by atoms with Crippen molar-refractivity contribution >= 4 is 28.7 Å². The molecule has 0 unspecified atom stereocenters. The predicted octanol–water partition coefficient (Wildman–Crippen LogP) is 1.64. The molecule has 3 amide bonds. The van der Waals surface area contributed by atoms with E-state index in [0.29, 0.717) is 11.9 Å². The van der Waals surface area contributed by atoms with Crippen molar-refractivity contribution in [3.8, 4) is 5.75 Å². The molecule has 3 rings (SSSR count). The number of aromatic hydroxyl groups is 1. The number of phenols is 1.